The maximum absolute atomic E-state index is 10.3. The van der Waals surface area contributed by atoms with Crippen molar-refractivity contribution in [1.29, 1.82) is 0 Å². The van der Waals surface area contributed by atoms with Crippen LogP contribution in [0, 0.1) is 38.1 Å². The summed E-state index contributed by atoms with van der Waals surface area (Å²) in [6.45, 7) is 32.8. The molecule has 3 aromatic rings. The average molecular weight is 807 g/mol. The van der Waals surface area contributed by atoms with Gasteiger partial charge in [-0.05, 0) is 118 Å². The predicted octanol–water partition coefficient (Wildman–Crippen LogP) is 11.7. The summed E-state index contributed by atoms with van der Waals surface area (Å²) in [5.41, 5.74) is 12.3. The van der Waals surface area contributed by atoms with Crippen molar-refractivity contribution in [2.75, 3.05) is 0 Å². The van der Waals surface area contributed by atoms with E-state index < -0.39 is 0 Å². The minimum absolute atomic E-state index is 0. The van der Waals surface area contributed by atoms with Crippen LogP contribution in [0.15, 0.2) is 41.6 Å². The van der Waals surface area contributed by atoms with E-state index >= 15 is 0 Å². The van der Waals surface area contributed by atoms with E-state index in [2.05, 4.69) is 125 Å². The molecule has 3 rings (SSSR count). The molecule has 4 radical (unpaired) electrons. The van der Waals surface area contributed by atoms with Gasteiger partial charge in [-0.3, -0.25) is 0 Å². The van der Waals surface area contributed by atoms with Gasteiger partial charge in [0.2, 0.25) is 0 Å². The molecule has 0 N–H and O–H groups in total. The SMILES string of the molecule is CC(C)c1[c]c(C(C)C)cc(C(C)C)c1.CC(C)c1[c]c(C(C)C)cc(C(C)C)c1.Cc1cc(C)c(C([S-])=N[O-])c(C)c1.[Pb+2]. The third kappa shape index (κ3) is 13.3. The van der Waals surface area contributed by atoms with Gasteiger partial charge in [0.05, 0.1) is 0 Å². The van der Waals surface area contributed by atoms with E-state index in [1.54, 1.807) is 0 Å². The van der Waals surface area contributed by atoms with Crippen molar-refractivity contribution in [1.82, 2.24) is 0 Å². The normalized spacial score (nSPS) is 11.5. The molecule has 238 valence electrons. The zero-order valence-corrected chi connectivity index (χ0v) is 34.9. The van der Waals surface area contributed by atoms with Crippen molar-refractivity contribution < 1.29 is 0 Å². The summed E-state index contributed by atoms with van der Waals surface area (Å²) in [5.74, 6) is 3.49. The number of aryl methyl sites for hydroxylation is 3. The first-order chi connectivity index (χ1) is 19.9. The van der Waals surface area contributed by atoms with E-state index in [9.17, 15) is 5.21 Å². The van der Waals surface area contributed by atoms with Crippen LogP contribution in [0.5, 0.6) is 0 Å². The van der Waals surface area contributed by atoms with Gasteiger partial charge in [-0.25, -0.2) is 0 Å². The van der Waals surface area contributed by atoms with Crippen LogP contribution in [-0.4, -0.2) is 32.3 Å². The fraction of sp³-hybridized carbons (Fsp3) is 0.525. The second-order valence-electron chi connectivity index (χ2n) is 13.7. The smallest absolute Gasteiger partial charge is 0.793 e. The molecule has 0 unspecified atom stereocenters. The van der Waals surface area contributed by atoms with Gasteiger partial charge < -0.3 is 23.0 Å². The van der Waals surface area contributed by atoms with Crippen LogP contribution < -0.4 is 0 Å². The monoisotopic (exact) mass is 807 g/mol. The number of hydrogen-bond acceptors (Lipinski definition) is 3. The molecule has 0 fully saturated rings. The Hall–Kier alpha value is -1.73. The average Bonchev–Trinajstić information content (AvgIpc) is 2.92. The first-order valence-corrected chi connectivity index (χ1v) is 16.4. The molecule has 0 bridgehead atoms. The summed E-state index contributed by atoms with van der Waals surface area (Å²) in [6.07, 6.45) is 0. The van der Waals surface area contributed by atoms with Gasteiger partial charge in [-0.1, -0.05) is 130 Å². The Bertz CT molecular complexity index is 1120. The third-order valence-electron chi connectivity index (χ3n) is 7.66. The first-order valence-electron chi connectivity index (χ1n) is 16.0. The summed E-state index contributed by atoms with van der Waals surface area (Å²) < 4.78 is 0. The van der Waals surface area contributed by atoms with Crippen LogP contribution in [-0.2, 0) is 12.6 Å². The standard InChI is InChI=1S/2C15H23.C10H13NOS.Pb/c2*1-10(2)13-7-14(11(3)4)9-15(8-13)12(5)6;1-6-4-7(2)9(8(3)5-6)10(13)11-12;/h2*7-8,10-12H,1-6H3;4-5,12H,1-3H3,(H,11,13);/q;;;+2/p-2. The van der Waals surface area contributed by atoms with Crippen LogP contribution in [0.3, 0.4) is 0 Å². The largest absolute Gasteiger partial charge is 2.00 e. The topological polar surface area (TPSA) is 35.4 Å². The zero-order valence-electron chi connectivity index (χ0n) is 30.2. The number of benzene rings is 3. The van der Waals surface area contributed by atoms with E-state index in [1.807, 2.05) is 32.9 Å². The molecule has 0 saturated heterocycles. The molecular weight excluding hydrogens is 750 g/mol. The quantitative estimate of drug-likeness (QED) is 0.0784. The molecule has 0 aliphatic rings. The Morgan fingerprint density at radius 1 is 0.545 bits per heavy atom. The Morgan fingerprint density at radius 2 is 0.818 bits per heavy atom. The van der Waals surface area contributed by atoms with Gasteiger partial charge in [-0.15, -0.1) is 0 Å². The zero-order chi connectivity index (χ0) is 33.2. The summed E-state index contributed by atoms with van der Waals surface area (Å²) in [6, 6.07) is 20.3. The van der Waals surface area contributed by atoms with Gasteiger partial charge in [0.25, 0.3) is 0 Å². The molecule has 0 aliphatic carbocycles. The Kier molecular flexibility index (Phi) is 18.9. The van der Waals surface area contributed by atoms with Crippen molar-refractivity contribution in [3.8, 4) is 0 Å². The van der Waals surface area contributed by atoms with E-state index in [1.165, 1.54) is 38.9 Å². The predicted molar refractivity (Wildman–Crippen MR) is 199 cm³/mol. The Labute approximate surface area is 297 Å². The molecule has 0 heterocycles. The molecular formula is C40H57NOPbS. The van der Waals surface area contributed by atoms with Gasteiger partial charge in [0, 0.05) is 0 Å². The maximum atomic E-state index is 10.3. The number of hydrogen-bond donors (Lipinski definition) is 0. The van der Waals surface area contributed by atoms with E-state index in [0.29, 0.717) is 35.5 Å². The fourth-order valence-corrected chi connectivity index (χ4v) is 5.07. The van der Waals surface area contributed by atoms with Crippen molar-refractivity contribution in [2.24, 2.45) is 5.16 Å². The molecule has 0 saturated carbocycles. The fourth-order valence-electron chi connectivity index (χ4n) is 4.75. The number of rotatable bonds is 7. The van der Waals surface area contributed by atoms with Gasteiger partial charge >= 0.3 is 27.3 Å². The molecule has 0 aromatic heterocycles. The van der Waals surface area contributed by atoms with Crippen molar-refractivity contribution >= 4 is 45.0 Å². The minimum atomic E-state index is 0. The maximum Gasteiger partial charge on any atom is 2.00 e. The molecule has 44 heavy (non-hydrogen) atoms. The summed E-state index contributed by atoms with van der Waals surface area (Å²) in [7, 11) is 0. The molecule has 0 spiro atoms. The molecule has 0 amide bonds. The van der Waals surface area contributed by atoms with Gasteiger partial charge in [0.15, 0.2) is 0 Å². The van der Waals surface area contributed by atoms with Gasteiger partial charge in [-0.2, -0.15) is 0 Å². The number of nitrogens with zero attached hydrogens (tertiary/aromatic N) is 1. The second-order valence-corrected chi connectivity index (χ2v) is 14.1. The Morgan fingerprint density at radius 3 is 1.02 bits per heavy atom. The van der Waals surface area contributed by atoms with E-state index in [0.717, 1.165) is 16.7 Å². The molecule has 4 heteroatoms. The van der Waals surface area contributed by atoms with Crippen LogP contribution in [0.1, 0.15) is 174 Å². The molecule has 0 aliphatic heterocycles. The van der Waals surface area contributed by atoms with Crippen LogP contribution >= 0.6 is 0 Å². The molecule has 0 atom stereocenters. The van der Waals surface area contributed by atoms with Gasteiger partial charge in [0.1, 0.15) is 0 Å². The first kappa shape index (κ1) is 42.3. The Balaban J connectivity index is 0.000000625. The summed E-state index contributed by atoms with van der Waals surface area (Å²) in [4.78, 5) is 0. The molecule has 3 aromatic carbocycles. The van der Waals surface area contributed by atoms with Crippen molar-refractivity contribution in [3.05, 3.63) is 109 Å². The minimum Gasteiger partial charge on any atom is -0.793 e. The van der Waals surface area contributed by atoms with E-state index in [-0.39, 0.29) is 32.3 Å². The third-order valence-corrected chi connectivity index (χ3v) is 7.94. The van der Waals surface area contributed by atoms with Crippen molar-refractivity contribution in [3.63, 3.8) is 0 Å². The van der Waals surface area contributed by atoms with Crippen LogP contribution in [0.4, 0.5) is 0 Å². The van der Waals surface area contributed by atoms with Crippen LogP contribution in [0.2, 0.25) is 0 Å². The van der Waals surface area contributed by atoms with Crippen LogP contribution in [0.25, 0.3) is 0 Å². The van der Waals surface area contributed by atoms with Crippen molar-refractivity contribution in [2.45, 2.75) is 139 Å². The van der Waals surface area contributed by atoms with E-state index in [4.69, 9.17) is 12.6 Å². The summed E-state index contributed by atoms with van der Waals surface area (Å²) in [5, 5.41) is 13.2. The summed E-state index contributed by atoms with van der Waals surface area (Å²) >= 11 is 4.86. The second kappa shape index (κ2) is 19.7. The molecule has 2 nitrogen and oxygen atoms in total.